The summed E-state index contributed by atoms with van der Waals surface area (Å²) in [6.07, 6.45) is 1.33. The molecule has 2 rings (SSSR count). The maximum absolute atomic E-state index is 12.2. The highest BCUT2D eigenvalue weighted by atomic mass is 35.5. The topological polar surface area (TPSA) is 90.2 Å². The molecule has 0 fully saturated rings. The number of anilines is 1. The Hall–Kier alpha value is -2.81. The molecule has 1 amide bonds. The average molecular weight is 361 g/mol. The number of amides is 1. The van der Waals surface area contributed by atoms with Crippen LogP contribution in [0.3, 0.4) is 0 Å². The number of rotatable bonds is 4. The summed E-state index contributed by atoms with van der Waals surface area (Å²) in [7, 11) is 0. The van der Waals surface area contributed by atoms with Crippen molar-refractivity contribution in [3.8, 4) is 6.07 Å². The summed E-state index contributed by atoms with van der Waals surface area (Å²) >= 11 is 11.9. The Morgan fingerprint density at radius 3 is 2.38 bits per heavy atom. The highest BCUT2D eigenvalue weighted by Crippen LogP contribution is 2.27. The van der Waals surface area contributed by atoms with Crippen molar-refractivity contribution in [1.29, 1.82) is 5.26 Å². The first-order valence-corrected chi connectivity index (χ1v) is 7.38. The smallest absolute Gasteiger partial charge is 0.335 e. The van der Waals surface area contributed by atoms with E-state index in [4.69, 9.17) is 28.3 Å². The molecule has 2 aromatic rings. The van der Waals surface area contributed by atoms with Gasteiger partial charge in [0.15, 0.2) is 0 Å². The van der Waals surface area contributed by atoms with Crippen LogP contribution < -0.4 is 5.32 Å². The lowest BCUT2D eigenvalue weighted by atomic mass is 10.1. The minimum absolute atomic E-state index is 0.0924. The lowest BCUT2D eigenvalue weighted by Crippen LogP contribution is -2.13. The lowest BCUT2D eigenvalue weighted by molar-refractivity contribution is -0.112. The number of benzene rings is 2. The Labute approximate surface area is 147 Å². The Morgan fingerprint density at radius 1 is 1.12 bits per heavy atom. The molecule has 0 heterocycles. The van der Waals surface area contributed by atoms with E-state index in [0.29, 0.717) is 16.3 Å². The van der Waals surface area contributed by atoms with Gasteiger partial charge in [-0.25, -0.2) is 4.79 Å². The Bertz CT molecular complexity index is 868. The number of nitriles is 1. The second kappa shape index (κ2) is 7.64. The Morgan fingerprint density at radius 2 is 1.79 bits per heavy atom. The first kappa shape index (κ1) is 17.5. The molecule has 0 bridgehead atoms. The molecule has 0 aliphatic heterocycles. The molecule has 0 aliphatic carbocycles. The van der Waals surface area contributed by atoms with E-state index in [1.165, 1.54) is 30.3 Å². The average Bonchev–Trinajstić information content (AvgIpc) is 2.56. The number of halogens is 2. The first-order chi connectivity index (χ1) is 11.4. The molecule has 24 heavy (non-hydrogen) atoms. The van der Waals surface area contributed by atoms with E-state index >= 15 is 0 Å². The van der Waals surface area contributed by atoms with Crippen LogP contribution in [-0.2, 0) is 4.79 Å². The molecule has 2 N–H and O–H groups in total. The minimum Gasteiger partial charge on any atom is -0.478 e. The minimum atomic E-state index is -1.07. The number of hydrogen-bond donors (Lipinski definition) is 2. The molecule has 120 valence electrons. The first-order valence-electron chi connectivity index (χ1n) is 6.63. The van der Waals surface area contributed by atoms with Crippen LogP contribution in [0.2, 0.25) is 10.0 Å². The predicted octanol–water partition coefficient (Wildman–Crippen LogP) is 4.24. The van der Waals surface area contributed by atoms with Crippen molar-refractivity contribution in [2.75, 3.05) is 5.32 Å². The van der Waals surface area contributed by atoms with Gasteiger partial charge < -0.3 is 10.4 Å². The van der Waals surface area contributed by atoms with Gasteiger partial charge in [0.25, 0.3) is 5.91 Å². The summed E-state index contributed by atoms with van der Waals surface area (Å²) in [5.74, 6) is -1.71. The molecule has 0 saturated heterocycles. The molecule has 0 unspecified atom stereocenters. The number of carboxylic acid groups (broad SMARTS) is 1. The van der Waals surface area contributed by atoms with Crippen molar-refractivity contribution in [3.63, 3.8) is 0 Å². The van der Waals surface area contributed by atoms with Gasteiger partial charge in [-0.15, -0.1) is 0 Å². The second-order valence-electron chi connectivity index (χ2n) is 4.65. The second-order valence-corrected chi connectivity index (χ2v) is 5.43. The van der Waals surface area contributed by atoms with Crippen LogP contribution in [0.25, 0.3) is 6.08 Å². The molecule has 0 spiro atoms. The van der Waals surface area contributed by atoms with Crippen molar-refractivity contribution in [3.05, 3.63) is 69.2 Å². The fourth-order valence-corrected chi connectivity index (χ4v) is 2.19. The van der Waals surface area contributed by atoms with Gasteiger partial charge in [0, 0.05) is 5.69 Å². The largest absolute Gasteiger partial charge is 0.478 e. The Kier molecular flexibility index (Phi) is 5.59. The van der Waals surface area contributed by atoms with Crippen LogP contribution in [0.1, 0.15) is 15.9 Å². The molecular weight excluding hydrogens is 351 g/mol. The number of hydrogen-bond acceptors (Lipinski definition) is 3. The molecular formula is C17H10Cl2N2O3. The molecule has 0 saturated carbocycles. The number of nitrogens with one attached hydrogen (secondary N) is 1. The van der Waals surface area contributed by atoms with E-state index in [9.17, 15) is 14.9 Å². The van der Waals surface area contributed by atoms with E-state index in [1.54, 1.807) is 24.3 Å². The van der Waals surface area contributed by atoms with E-state index in [1.807, 2.05) is 0 Å². The summed E-state index contributed by atoms with van der Waals surface area (Å²) in [6, 6.07) is 12.2. The van der Waals surface area contributed by atoms with Crippen molar-refractivity contribution in [2.24, 2.45) is 0 Å². The van der Waals surface area contributed by atoms with Gasteiger partial charge in [0.1, 0.15) is 11.6 Å². The van der Waals surface area contributed by atoms with E-state index in [0.717, 1.165) is 0 Å². The van der Waals surface area contributed by atoms with E-state index in [2.05, 4.69) is 5.32 Å². The van der Waals surface area contributed by atoms with Crippen LogP contribution in [0.4, 0.5) is 5.69 Å². The third kappa shape index (κ3) is 4.13. The van der Waals surface area contributed by atoms with Crippen LogP contribution >= 0.6 is 23.2 Å². The molecule has 2 aromatic carbocycles. The number of carbonyl (C=O) groups excluding carboxylic acids is 1. The van der Waals surface area contributed by atoms with Gasteiger partial charge in [-0.2, -0.15) is 5.26 Å². The number of carbonyl (C=O) groups is 2. The van der Waals surface area contributed by atoms with Crippen LogP contribution in [0, 0.1) is 11.3 Å². The zero-order valence-corrected chi connectivity index (χ0v) is 13.6. The summed E-state index contributed by atoms with van der Waals surface area (Å²) in [4.78, 5) is 23.0. The van der Waals surface area contributed by atoms with E-state index in [-0.39, 0.29) is 16.2 Å². The standard InChI is InChI=1S/C17H10Cl2N2O3/c18-14-3-1-2-11(15(14)19)8-12(9-20)16(22)21-13-6-4-10(5-7-13)17(23)24/h1-8H,(H,21,22)(H,23,24)/b12-8+. The molecule has 0 aromatic heterocycles. The maximum atomic E-state index is 12.2. The molecule has 0 atom stereocenters. The zero-order valence-electron chi connectivity index (χ0n) is 12.1. The summed E-state index contributed by atoms with van der Waals surface area (Å²) in [6.45, 7) is 0. The quantitative estimate of drug-likeness (QED) is 0.630. The SMILES string of the molecule is N#C/C(=C\c1cccc(Cl)c1Cl)C(=O)Nc1ccc(C(=O)O)cc1. The van der Waals surface area contributed by atoms with Crippen molar-refractivity contribution >= 4 is 46.8 Å². The van der Waals surface area contributed by atoms with Crippen LogP contribution in [0.15, 0.2) is 48.0 Å². The summed E-state index contributed by atoms with van der Waals surface area (Å²) < 4.78 is 0. The molecule has 7 heteroatoms. The van der Waals surface area contributed by atoms with Gasteiger partial charge in [0.2, 0.25) is 0 Å². The zero-order chi connectivity index (χ0) is 17.7. The predicted molar refractivity (Wildman–Crippen MR) is 92.1 cm³/mol. The van der Waals surface area contributed by atoms with Crippen LogP contribution in [0.5, 0.6) is 0 Å². The fourth-order valence-electron chi connectivity index (χ4n) is 1.83. The number of carboxylic acids is 1. The number of nitrogens with zero attached hydrogens (tertiary/aromatic N) is 1. The number of aromatic carboxylic acids is 1. The highest BCUT2D eigenvalue weighted by molar-refractivity contribution is 6.43. The van der Waals surface area contributed by atoms with E-state index < -0.39 is 11.9 Å². The third-order valence-corrected chi connectivity index (χ3v) is 3.87. The highest BCUT2D eigenvalue weighted by Gasteiger charge is 2.12. The van der Waals surface area contributed by atoms with Crippen molar-refractivity contribution < 1.29 is 14.7 Å². The molecule has 0 aliphatic rings. The fraction of sp³-hybridized carbons (Fsp3) is 0. The third-order valence-electron chi connectivity index (χ3n) is 3.04. The van der Waals surface area contributed by atoms with Gasteiger partial charge in [0.05, 0.1) is 15.6 Å². The van der Waals surface area contributed by atoms with Gasteiger partial charge in [-0.3, -0.25) is 4.79 Å². The molecule has 5 nitrogen and oxygen atoms in total. The van der Waals surface area contributed by atoms with Gasteiger partial charge in [-0.1, -0.05) is 35.3 Å². The lowest BCUT2D eigenvalue weighted by Gasteiger charge is -2.05. The van der Waals surface area contributed by atoms with Crippen LogP contribution in [-0.4, -0.2) is 17.0 Å². The van der Waals surface area contributed by atoms with Crippen molar-refractivity contribution in [1.82, 2.24) is 0 Å². The summed E-state index contributed by atoms with van der Waals surface area (Å²) in [5, 5.41) is 21.1. The van der Waals surface area contributed by atoms with Gasteiger partial charge in [-0.05, 0) is 42.0 Å². The Balaban J connectivity index is 2.23. The monoisotopic (exact) mass is 360 g/mol. The van der Waals surface area contributed by atoms with Gasteiger partial charge >= 0.3 is 5.97 Å². The summed E-state index contributed by atoms with van der Waals surface area (Å²) in [5.41, 5.74) is 0.733. The molecule has 0 radical (unpaired) electrons. The van der Waals surface area contributed by atoms with Crippen molar-refractivity contribution in [2.45, 2.75) is 0 Å². The normalized spacial score (nSPS) is 10.8. The maximum Gasteiger partial charge on any atom is 0.335 e.